The van der Waals surface area contributed by atoms with Gasteiger partial charge in [-0.25, -0.2) is 4.39 Å². The maximum absolute atomic E-state index is 13.1. The number of halogens is 1. The van der Waals surface area contributed by atoms with Crippen LogP contribution in [0, 0.1) is 5.82 Å². The monoisotopic (exact) mass is 402 g/mol. The van der Waals surface area contributed by atoms with Crippen LogP contribution in [0.2, 0.25) is 0 Å². The number of anilines is 3. The summed E-state index contributed by atoms with van der Waals surface area (Å²) in [4.78, 5) is 20.3. The SMILES string of the molecule is CN(C)c1nc(N2CCOCC2)nc(N2CCC(Oc3ccc(F)cc3)CC2)n1. The van der Waals surface area contributed by atoms with Gasteiger partial charge in [0.15, 0.2) is 0 Å². The van der Waals surface area contributed by atoms with E-state index >= 15 is 0 Å². The molecule has 2 aliphatic heterocycles. The lowest BCUT2D eigenvalue weighted by atomic mass is 10.1. The van der Waals surface area contributed by atoms with E-state index in [0.29, 0.717) is 36.8 Å². The minimum atomic E-state index is -0.255. The maximum atomic E-state index is 13.1. The van der Waals surface area contributed by atoms with Gasteiger partial charge in [0.05, 0.1) is 13.2 Å². The van der Waals surface area contributed by atoms with Gasteiger partial charge in [-0.1, -0.05) is 0 Å². The summed E-state index contributed by atoms with van der Waals surface area (Å²) < 4.78 is 24.5. The molecule has 0 unspecified atom stereocenters. The highest BCUT2D eigenvalue weighted by atomic mass is 19.1. The van der Waals surface area contributed by atoms with Crippen LogP contribution in [-0.4, -0.2) is 74.5 Å². The predicted octanol–water partition coefficient (Wildman–Crippen LogP) is 1.96. The van der Waals surface area contributed by atoms with Gasteiger partial charge in [-0.2, -0.15) is 15.0 Å². The van der Waals surface area contributed by atoms with Gasteiger partial charge in [-0.05, 0) is 24.3 Å². The lowest BCUT2D eigenvalue weighted by molar-refractivity contribution is 0.122. The van der Waals surface area contributed by atoms with Crippen molar-refractivity contribution in [2.75, 3.05) is 68.2 Å². The lowest BCUT2D eigenvalue weighted by Gasteiger charge is -2.33. The van der Waals surface area contributed by atoms with Crippen LogP contribution in [0.4, 0.5) is 22.2 Å². The van der Waals surface area contributed by atoms with E-state index in [4.69, 9.17) is 14.5 Å². The molecule has 1 aromatic heterocycles. The Morgan fingerprint density at radius 1 is 0.931 bits per heavy atom. The van der Waals surface area contributed by atoms with Gasteiger partial charge in [0.25, 0.3) is 0 Å². The molecule has 0 aliphatic carbocycles. The van der Waals surface area contributed by atoms with Crippen molar-refractivity contribution < 1.29 is 13.9 Å². The molecule has 4 rings (SSSR count). The van der Waals surface area contributed by atoms with Gasteiger partial charge in [-0.15, -0.1) is 0 Å². The van der Waals surface area contributed by atoms with Crippen LogP contribution in [0.15, 0.2) is 24.3 Å². The van der Waals surface area contributed by atoms with Gasteiger partial charge in [-0.3, -0.25) is 0 Å². The molecule has 2 aliphatic rings. The van der Waals surface area contributed by atoms with E-state index in [0.717, 1.165) is 39.0 Å². The molecular weight excluding hydrogens is 375 g/mol. The molecule has 3 heterocycles. The first-order chi connectivity index (χ1) is 14.1. The summed E-state index contributed by atoms with van der Waals surface area (Å²) in [6, 6.07) is 6.19. The van der Waals surface area contributed by atoms with Gasteiger partial charge >= 0.3 is 0 Å². The number of rotatable bonds is 5. The Labute approximate surface area is 170 Å². The number of aromatic nitrogens is 3. The fraction of sp³-hybridized carbons (Fsp3) is 0.550. The number of morpholine rings is 1. The minimum absolute atomic E-state index is 0.102. The van der Waals surface area contributed by atoms with Crippen LogP contribution in [-0.2, 0) is 4.74 Å². The standard InChI is InChI=1S/C20H27FN6O2/c1-25(2)18-22-19(24-20(23-18)27-11-13-28-14-12-27)26-9-7-17(8-10-26)29-16-5-3-15(21)4-6-16/h3-6,17H,7-14H2,1-2H3. The number of ether oxygens (including phenoxy) is 2. The Morgan fingerprint density at radius 3 is 2.10 bits per heavy atom. The molecule has 0 N–H and O–H groups in total. The second kappa shape index (κ2) is 8.77. The quantitative estimate of drug-likeness (QED) is 0.752. The molecule has 29 heavy (non-hydrogen) atoms. The van der Waals surface area contributed by atoms with E-state index in [1.54, 1.807) is 12.1 Å². The lowest BCUT2D eigenvalue weighted by Crippen LogP contribution is -2.41. The minimum Gasteiger partial charge on any atom is -0.490 e. The van der Waals surface area contributed by atoms with Crippen LogP contribution < -0.4 is 19.4 Å². The summed E-state index contributed by atoms with van der Waals surface area (Å²) in [5, 5.41) is 0. The summed E-state index contributed by atoms with van der Waals surface area (Å²) in [6.45, 7) is 4.53. The largest absolute Gasteiger partial charge is 0.490 e. The zero-order valence-corrected chi connectivity index (χ0v) is 16.9. The summed E-state index contributed by atoms with van der Waals surface area (Å²) in [7, 11) is 3.87. The summed E-state index contributed by atoms with van der Waals surface area (Å²) in [6.07, 6.45) is 1.81. The molecule has 156 valence electrons. The molecule has 0 saturated carbocycles. The van der Waals surface area contributed by atoms with E-state index in [1.807, 2.05) is 19.0 Å². The molecule has 0 radical (unpaired) electrons. The van der Waals surface area contributed by atoms with E-state index < -0.39 is 0 Å². The molecule has 0 amide bonds. The second-order valence-corrected chi connectivity index (χ2v) is 7.49. The summed E-state index contributed by atoms with van der Waals surface area (Å²) in [5.74, 6) is 2.50. The van der Waals surface area contributed by atoms with Crippen molar-refractivity contribution in [3.8, 4) is 5.75 Å². The van der Waals surface area contributed by atoms with Crippen molar-refractivity contribution in [2.24, 2.45) is 0 Å². The Hall–Kier alpha value is -2.68. The molecule has 8 nitrogen and oxygen atoms in total. The maximum Gasteiger partial charge on any atom is 0.232 e. The average Bonchev–Trinajstić information content (AvgIpc) is 2.76. The van der Waals surface area contributed by atoms with E-state index in [2.05, 4.69) is 19.8 Å². The van der Waals surface area contributed by atoms with Crippen LogP contribution >= 0.6 is 0 Å². The molecule has 2 aromatic rings. The van der Waals surface area contributed by atoms with Crippen molar-refractivity contribution in [3.05, 3.63) is 30.1 Å². The van der Waals surface area contributed by atoms with Crippen molar-refractivity contribution >= 4 is 17.8 Å². The number of piperidine rings is 1. The Morgan fingerprint density at radius 2 is 1.52 bits per heavy atom. The van der Waals surface area contributed by atoms with E-state index in [1.165, 1.54) is 12.1 Å². The van der Waals surface area contributed by atoms with Gasteiger partial charge in [0.2, 0.25) is 17.8 Å². The predicted molar refractivity (Wildman–Crippen MR) is 109 cm³/mol. The summed E-state index contributed by atoms with van der Waals surface area (Å²) in [5.41, 5.74) is 0. The summed E-state index contributed by atoms with van der Waals surface area (Å²) >= 11 is 0. The van der Waals surface area contributed by atoms with Crippen molar-refractivity contribution in [1.82, 2.24) is 15.0 Å². The third kappa shape index (κ3) is 4.84. The highest BCUT2D eigenvalue weighted by Gasteiger charge is 2.25. The topological polar surface area (TPSA) is 66.9 Å². The number of benzene rings is 1. The average molecular weight is 402 g/mol. The van der Waals surface area contributed by atoms with Gasteiger partial charge < -0.3 is 24.2 Å². The molecular formula is C20H27FN6O2. The van der Waals surface area contributed by atoms with Crippen molar-refractivity contribution in [3.63, 3.8) is 0 Å². The Bertz CT molecular complexity index is 805. The first kappa shape index (κ1) is 19.6. The first-order valence-electron chi connectivity index (χ1n) is 10.0. The first-order valence-corrected chi connectivity index (χ1v) is 10.0. The third-order valence-corrected chi connectivity index (χ3v) is 5.14. The van der Waals surface area contributed by atoms with E-state index in [-0.39, 0.29) is 11.9 Å². The zero-order chi connectivity index (χ0) is 20.2. The highest BCUT2D eigenvalue weighted by molar-refractivity contribution is 5.46. The highest BCUT2D eigenvalue weighted by Crippen LogP contribution is 2.24. The fourth-order valence-corrected chi connectivity index (χ4v) is 3.47. The van der Waals surface area contributed by atoms with Crippen LogP contribution in [0.25, 0.3) is 0 Å². The fourth-order valence-electron chi connectivity index (χ4n) is 3.47. The third-order valence-electron chi connectivity index (χ3n) is 5.14. The number of nitrogens with zero attached hydrogens (tertiary/aromatic N) is 6. The number of hydrogen-bond acceptors (Lipinski definition) is 8. The molecule has 0 bridgehead atoms. The van der Waals surface area contributed by atoms with Gasteiger partial charge in [0, 0.05) is 53.1 Å². The van der Waals surface area contributed by atoms with E-state index in [9.17, 15) is 4.39 Å². The smallest absolute Gasteiger partial charge is 0.232 e. The molecule has 2 fully saturated rings. The second-order valence-electron chi connectivity index (χ2n) is 7.49. The Kier molecular flexibility index (Phi) is 5.94. The molecule has 0 atom stereocenters. The van der Waals surface area contributed by atoms with Crippen molar-refractivity contribution in [2.45, 2.75) is 18.9 Å². The molecule has 0 spiro atoms. The molecule has 1 aromatic carbocycles. The van der Waals surface area contributed by atoms with Crippen molar-refractivity contribution in [1.29, 1.82) is 0 Å². The van der Waals surface area contributed by atoms with Crippen LogP contribution in [0.1, 0.15) is 12.8 Å². The van der Waals surface area contributed by atoms with Gasteiger partial charge in [0.1, 0.15) is 17.7 Å². The number of hydrogen-bond donors (Lipinski definition) is 0. The van der Waals surface area contributed by atoms with Crippen LogP contribution in [0.3, 0.4) is 0 Å². The zero-order valence-electron chi connectivity index (χ0n) is 16.9. The normalized spacial score (nSPS) is 18.0. The van der Waals surface area contributed by atoms with Crippen LogP contribution in [0.5, 0.6) is 5.75 Å². The Balaban J connectivity index is 1.44. The molecule has 9 heteroatoms. The molecule has 2 saturated heterocycles.